The highest BCUT2D eigenvalue weighted by atomic mass is 19.4. The van der Waals surface area contributed by atoms with Crippen LogP contribution in [0.5, 0.6) is 5.88 Å². The number of rotatable bonds is 3. The first-order valence-corrected chi connectivity index (χ1v) is 14.1. The number of pyridine rings is 1. The summed E-state index contributed by atoms with van der Waals surface area (Å²) >= 11 is 0. The van der Waals surface area contributed by atoms with E-state index in [9.17, 15) is 22.7 Å². The molecule has 0 amide bonds. The summed E-state index contributed by atoms with van der Waals surface area (Å²) in [5.74, 6) is -1.82. The minimum Gasteiger partial charge on any atom is -0.472 e. The summed E-state index contributed by atoms with van der Waals surface area (Å²) in [5, 5.41) is 13.5. The number of ether oxygens (including phenoxy) is 1. The van der Waals surface area contributed by atoms with Crippen molar-refractivity contribution in [2.75, 3.05) is 41.8 Å². The van der Waals surface area contributed by atoms with Crippen LogP contribution < -0.4 is 25.6 Å². The number of alkyl halides is 3. The lowest BCUT2D eigenvalue weighted by molar-refractivity contribution is -0.137. The molecule has 2 aromatic heterocycles. The van der Waals surface area contributed by atoms with Crippen molar-refractivity contribution >= 4 is 28.4 Å². The summed E-state index contributed by atoms with van der Waals surface area (Å²) in [6, 6.07) is 0.813. The fourth-order valence-corrected chi connectivity index (χ4v) is 7.15. The third kappa shape index (κ3) is 4.05. The van der Waals surface area contributed by atoms with Gasteiger partial charge in [-0.2, -0.15) is 18.2 Å². The average Bonchev–Trinajstić information content (AvgIpc) is 3.55. The Morgan fingerprint density at radius 1 is 1.12 bits per heavy atom. The van der Waals surface area contributed by atoms with Crippen LogP contribution in [-0.2, 0) is 6.18 Å². The van der Waals surface area contributed by atoms with E-state index in [4.69, 9.17) is 15.5 Å². The fraction of sp³-hybridized carbons (Fsp3) is 0.536. The number of nitrogens with zero attached hydrogens (tertiary/aromatic N) is 5. The van der Waals surface area contributed by atoms with Crippen LogP contribution in [-0.4, -0.2) is 70.5 Å². The highest BCUT2D eigenvalue weighted by molar-refractivity contribution is 5.98. The largest absolute Gasteiger partial charge is 0.472 e. The fourth-order valence-electron chi connectivity index (χ4n) is 7.15. The van der Waals surface area contributed by atoms with Gasteiger partial charge in [0, 0.05) is 49.8 Å². The quantitative estimate of drug-likeness (QED) is 0.310. The van der Waals surface area contributed by atoms with E-state index >= 15 is 4.39 Å². The van der Waals surface area contributed by atoms with Crippen molar-refractivity contribution in [3.63, 3.8) is 0 Å². The van der Waals surface area contributed by atoms with E-state index in [-0.39, 0.29) is 53.4 Å². The van der Waals surface area contributed by atoms with Crippen molar-refractivity contribution in [3.05, 3.63) is 28.8 Å². The topological polar surface area (TPSA) is 113 Å². The Hall–Kier alpha value is -3.52. The molecule has 9 nitrogen and oxygen atoms in total. The zero-order valence-electron chi connectivity index (χ0n) is 23.0. The van der Waals surface area contributed by atoms with E-state index in [0.717, 1.165) is 25.8 Å². The van der Waals surface area contributed by atoms with E-state index in [1.165, 1.54) is 0 Å². The number of benzene rings is 1. The number of anilines is 3. The summed E-state index contributed by atoms with van der Waals surface area (Å²) in [6.07, 6.45) is -2.97. The number of nitrogens with one attached hydrogen (secondary N) is 1. The number of hydrogen-bond acceptors (Lipinski definition) is 9. The molecule has 1 unspecified atom stereocenters. The highest BCUT2D eigenvalue weighted by Crippen LogP contribution is 2.47. The molecule has 3 aromatic rings. The lowest BCUT2D eigenvalue weighted by Gasteiger charge is -2.43. The van der Waals surface area contributed by atoms with Gasteiger partial charge in [0.15, 0.2) is 5.82 Å². The van der Waals surface area contributed by atoms with Gasteiger partial charge in [0.2, 0.25) is 11.8 Å². The number of nitrogens with two attached hydrogens (primary N) is 1. The third-order valence-corrected chi connectivity index (χ3v) is 9.13. The molecule has 4 N–H and O–H groups in total. The number of aromatic nitrogens is 3. The Morgan fingerprint density at radius 3 is 2.62 bits per heavy atom. The van der Waals surface area contributed by atoms with E-state index in [2.05, 4.69) is 20.2 Å². The van der Waals surface area contributed by atoms with Gasteiger partial charge in [-0.1, -0.05) is 0 Å². The number of halogens is 5. The summed E-state index contributed by atoms with van der Waals surface area (Å²) < 4.78 is 80.5. The van der Waals surface area contributed by atoms with Crippen LogP contribution in [0, 0.1) is 24.5 Å². The van der Waals surface area contributed by atoms with Crippen LogP contribution in [0.15, 0.2) is 6.07 Å². The molecule has 1 aromatic carbocycles. The maximum Gasteiger partial charge on any atom is 0.417 e. The minimum atomic E-state index is -5.03. The standard InChI is InChI=1S/C28H30F5N7O2/c1-11-19(28(31,32)33)15(7-16(34)20(11)29)22-21(30)23-18-25(38-27(37-23)39-6-5-13(8-39)10-41)40-9-14-3-4-17(35-14)24(40)12(2)42-26(18)36-22/h7,12-14,17,24,35,41H,3-6,8-10,34H2,1-2H3/t12-,13+,14?,17-,24+/m0/s1. The maximum absolute atomic E-state index is 16.6. The lowest BCUT2D eigenvalue weighted by atomic mass is 9.96. The second-order valence-electron chi connectivity index (χ2n) is 11.8. The molecule has 0 saturated carbocycles. The molecule has 0 aliphatic carbocycles. The highest BCUT2D eigenvalue weighted by Gasteiger charge is 2.47. The SMILES string of the molecule is Cc1c(F)c(N)cc(-c2nc3c4c(nc(N5CC[C@@H](CO)C5)nc4c2F)N2CC4CC[C@H](N4)[C@H]2[C@H](C)O3)c1C(F)(F)F. The zero-order valence-corrected chi connectivity index (χ0v) is 23.0. The molecule has 224 valence electrons. The van der Waals surface area contributed by atoms with Gasteiger partial charge in [-0.15, -0.1) is 0 Å². The van der Waals surface area contributed by atoms with Gasteiger partial charge in [-0.25, -0.2) is 18.7 Å². The van der Waals surface area contributed by atoms with Crippen LogP contribution in [0.25, 0.3) is 22.2 Å². The number of aliphatic hydroxyl groups is 1. The first kappa shape index (κ1) is 27.3. The molecule has 3 fully saturated rings. The van der Waals surface area contributed by atoms with E-state index in [1.807, 2.05) is 11.8 Å². The average molecular weight is 592 g/mol. The molecule has 7 rings (SSSR count). The van der Waals surface area contributed by atoms with Crippen molar-refractivity contribution in [1.82, 2.24) is 20.3 Å². The Kier molecular flexibility index (Phi) is 6.18. The number of nitrogen functional groups attached to an aromatic ring is 1. The Balaban J connectivity index is 1.52. The molecule has 4 aliphatic rings. The Labute approximate surface area is 237 Å². The molecule has 3 saturated heterocycles. The summed E-state index contributed by atoms with van der Waals surface area (Å²) in [7, 11) is 0. The lowest BCUT2D eigenvalue weighted by Crippen LogP contribution is -2.62. The second kappa shape index (κ2) is 9.49. The van der Waals surface area contributed by atoms with Crippen LogP contribution in [0.2, 0.25) is 0 Å². The molecule has 5 atom stereocenters. The van der Waals surface area contributed by atoms with Gasteiger partial charge in [-0.05, 0) is 44.7 Å². The first-order chi connectivity index (χ1) is 20.0. The van der Waals surface area contributed by atoms with Gasteiger partial charge < -0.3 is 30.7 Å². The van der Waals surface area contributed by atoms with Crippen molar-refractivity contribution < 1.29 is 31.8 Å². The van der Waals surface area contributed by atoms with Gasteiger partial charge in [0.05, 0.1) is 17.3 Å². The van der Waals surface area contributed by atoms with Crippen LogP contribution in [0.1, 0.15) is 37.3 Å². The molecule has 0 spiro atoms. The molecular formula is C28H30F5N7O2. The summed E-state index contributed by atoms with van der Waals surface area (Å²) in [6.45, 7) is 4.33. The first-order valence-electron chi connectivity index (χ1n) is 14.1. The smallest absolute Gasteiger partial charge is 0.417 e. The normalized spacial score (nSPS) is 26.9. The predicted molar refractivity (Wildman–Crippen MR) is 145 cm³/mol. The summed E-state index contributed by atoms with van der Waals surface area (Å²) in [4.78, 5) is 17.7. The van der Waals surface area contributed by atoms with Gasteiger partial charge in [-0.3, -0.25) is 0 Å². The monoisotopic (exact) mass is 591 g/mol. The number of piperazine rings is 1. The Bertz CT molecular complexity index is 1600. The van der Waals surface area contributed by atoms with Crippen LogP contribution in [0.4, 0.5) is 39.4 Å². The molecule has 2 bridgehead atoms. The molecular weight excluding hydrogens is 561 g/mol. The summed E-state index contributed by atoms with van der Waals surface area (Å²) in [5.41, 5.74) is 1.44. The number of fused-ring (bicyclic) bond motifs is 5. The van der Waals surface area contributed by atoms with Crippen molar-refractivity contribution in [1.29, 1.82) is 0 Å². The van der Waals surface area contributed by atoms with E-state index < -0.39 is 52.0 Å². The molecule has 0 radical (unpaired) electrons. The minimum absolute atomic E-state index is 0.0116. The van der Waals surface area contributed by atoms with Gasteiger partial charge in [0.25, 0.3) is 0 Å². The Morgan fingerprint density at radius 2 is 1.90 bits per heavy atom. The molecule has 6 heterocycles. The molecule has 42 heavy (non-hydrogen) atoms. The van der Waals surface area contributed by atoms with Crippen LogP contribution >= 0.6 is 0 Å². The van der Waals surface area contributed by atoms with Crippen molar-refractivity contribution in [3.8, 4) is 17.1 Å². The van der Waals surface area contributed by atoms with Crippen molar-refractivity contribution in [2.24, 2.45) is 5.92 Å². The zero-order chi connectivity index (χ0) is 29.7. The van der Waals surface area contributed by atoms with Crippen molar-refractivity contribution in [2.45, 2.75) is 63.5 Å². The van der Waals surface area contributed by atoms with E-state index in [1.54, 1.807) is 0 Å². The second-order valence-corrected chi connectivity index (χ2v) is 11.8. The van der Waals surface area contributed by atoms with E-state index in [0.29, 0.717) is 31.9 Å². The van der Waals surface area contributed by atoms with Crippen LogP contribution in [0.3, 0.4) is 0 Å². The number of aliphatic hydroxyl groups excluding tert-OH is 1. The predicted octanol–water partition coefficient (Wildman–Crippen LogP) is 3.79. The molecule has 14 heteroatoms. The van der Waals surface area contributed by atoms with Gasteiger partial charge in [0.1, 0.15) is 34.3 Å². The third-order valence-electron chi connectivity index (χ3n) is 9.13. The maximum atomic E-state index is 16.6. The number of hydrogen-bond donors (Lipinski definition) is 3. The molecule has 4 aliphatic heterocycles. The van der Waals surface area contributed by atoms with Gasteiger partial charge >= 0.3 is 6.18 Å².